The predicted octanol–water partition coefficient (Wildman–Crippen LogP) is 1.80. The number of aromatic nitrogens is 1. The molecule has 1 N–H and O–H groups in total. The molecule has 2 fully saturated rings. The van der Waals surface area contributed by atoms with Crippen LogP contribution in [0.1, 0.15) is 31.2 Å². The number of fused-ring (bicyclic) bond motifs is 2. The van der Waals surface area contributed by atoms with E-state index in [1.165, 1.54) is 31.2 Å². The Labute approximate surface area is 103 Å². The first kappa shape index (κ1) is 11.2. The van der Waals surface area contributed by atoms with Crippen molar-refractivity contribution in [3.05, 3.63) is 30.1 Å². The maximum absolute atomic E-state index is 4.15. The molecule has 0 aromatic carbocycles. The lowest BCUT2D eigenvalue weighted by molar-refractivity contribution is 0.148. The lowest BCUT2D eigenvalue weighted by Gasteiger charge is -2.36. The molecule has 1 aromatic rings. The van der Waals surface area contributed by atoms with E-state index in [2.05, 4.69) is 28.3 Å². The molecule has 3 rings (SSSR count). The molecule has 92 valence electrons. The lowest BCUT2D eigenvalue weighted by Crippen LogP contribution is -2.46. The number of pyridine rings is 1. The fourth-order valence-electron chi connectivity index (χ4n) is 3.34. The molecule has 0 saturated carbocycles. The van der Waals surface area contributed by atoms with Crippen LogP contribution < -0.4 is 5.32 Å². The topological polar surface area (TPSA) is 28.2 Å². The van der Waals surface area contributed by atoms with Crippen molar-refractivity contribution in [2.45, 2.75) is 50.4 Å². The van der Waals surface area contributed by atoms with Crippen LogP contribution in [-0.2, 0) is 6.54 Å². The average Bonchev–Trinajstić information content (AvgIpc) is 2.61. The number of nitrogens with zero attached hydrogens (tertiary/aromatic N) is 2. The van der Waals surface area contributed by atoms with Crippen LogP contribution in [0.25, 0.3) is 0 Å². The van der Waals surface area contributed by atoms with E-state index in [9.17, 15) is 0 Å². The molecular formula is C14H21N3. The molecule has 0 spiro atoms. The summed E-state index contributed by atoms with van der Waals surface area (Å²) in [5.74, 6) is 0. The second-order valence-corrected chi connectivity index (χ2v) is 5.46. The molecule has 3 heteroatoms. The van der Waals surface area contributed by atoms with Gasteiger partial charge in [0.1, 0.15) is 0 Å². The van der Waals surface area contributed by atoms with Crippen molar-refractivity contribution in [1.29, 1.82) is 0 Å². The maximum atomic E-state index is 4.15. The molecule has 2 aliphatic rings. The van der Waals surface area contributed by atoms with Crippen molar-refractivity contribution >= 4 is 0 Å². The quantitative estimate of drug-likeness (QED) is 0.859. The lowest BCUT2D eigenvalue weighted by atomic mass is 9.98. The molecule has 3 heterocycles. The van der Waals surface area contributed by atoms with Crippen LogP contribution in [0.2, 0.25) is 0 Å². The molecule has 0 amide bonds. The fraction of sp³-hybridized carbons (Fsp3) is 0.643. The Hall–Kier alpha value is -0.930. The summed E-state index contributed by atoms with van der Waals surface area (Å²) in [7, 11) is 2.29. The number of nitrogens with one attached hydrogen (secondary N) is 1. The van der Waals surface area contributed by atoms with Gasteiger partial charge in [-0.1, -0.05) is 6.07 Å². The van der Waals surface area contributed by atoms with Crippen molar-refractivity contribution in [2.75, 3.05) is 7.05 Å². The van der Waals surface area contributed by atoms with Crippen molar-refractivity contribution in [3.63, 3.8) is 0 Å². The third-order valence-electron chi connectivity index (χ3n) is 4.42. The van der Waals surface area contributed by atoms with E-state index in [-0.39, 0.29) is 0 Å². The highest BCUT2D eigenvalue weighted by Crippen LogP contribution is 2.34. The second-order valence-electron chi connectivity index (χ2n) is 5.46. The molecule has 2 aliphatic heterocycles. The van der Waals surface area contributed by atoms with Gasteiger partial charge in [0.15, 0.2) is 0 Å². The van der Waals surface area contributed by atoms with Crippen LogP contribution in [-0.4, -0.2) is 35.1 Å². The summed E-state index contributed by atoms with van der Waals surface area (Å²) >= 11 is 0. The monoisotopic (exact) mass is 231 g/mol. The summed E-state index contributed by atoms with van der Waals surface area (Å²) in [6.45, 7) is 0.960. The SMILES string of the molecule is CN1C2CCC1CC(NCc1cccnc1)C2. The van der Waals surface area contributed by atoms with Crippen molar-refractivity contribution < 1.29 is 0 Å². The molecule has 3 nitrogen and oxygen atoms in total. The Morgan fingerprint density at radius 1 is 1.35 bits per heavy atom. The first-order valence-electron chi connectivity index (χ1n) is 6.67. The fourth-order valence-corrected chi connectivity index (χ4v) is 3.34. The van der Waals surface area contributed by atoms with Gasteiger partial charge in [0.25, 0.3) is 0 Å². The van der Waals surface area contributed by atoms with Crippen LogP contribution in [0.3, 0.4) is 0 Å². The number of hydrogen-bond acceptors (Lipinski definition) is 3. The van der Waals surface area contributed by atoms with E-state index >= 15 is 0 Å². The van der Waals surface area contributed by atoms with E-state index in [0.717, 1.165) is 18.6 Å². The molecule has 0 radical (unpaired) electrons. The molecule has 2 saturated heterocycles. The van der Waals surface area contributed by atoms with Gasteiger partial charge in [-0.2, -0.15) is 0 Å². The van der Waals surface area contributed by atoms with Gasteiger partial charge in [-0.15, -0.1) is 0 Å². The van der Waals surface area contributed by atoms with Crippen molar-refractivity contribution in [3.8, 4) is 0 Å². The van der Waals surface area contributed by atoms with Gasteiger partial charge in [-0.25, -0.2) is 0 Å². The zero-order valence-electron chi connectivity index (χ0n) is 10.5. The van der Waals surface area contributed by atoms with Gasteiger partial charge in [0.05, 0.1) is 0 Å². The van der Waals surface area contributed by atoms with Gasteiger partial charge in [0, 0.05) is 37.1 Å². The number of hydrogen-bond donors (Lipinski definition) is 1. The second kappa shape index (κ2) is 4.75. The summed E-state index contributed by atoms with van der Waals surface area (Å²) in [6.07, 6.45) is 9.20. The molecular weight excluding hydrogens is 210 g/mol. The maximum Gasteiger partial charge on any atom is 0.0312 e. The van der Waals surface area contributed by atoms with Crippen LogP contribution >= 0.6 is 0 Å². The molecule has 2 bridgehead atoms. The van der Waals surface area contributed by atoms with Crippen LogP contribution in [0.15, 0.2) is 24.5 Å². The zero-order chi connectivity index (χ0) is 11.7. The smallest absolute Gasteiger partial charge is 0.0312 e. The standard InChI is InChI=1S/C14H21N3/c1-17-13-4-5-14(17)8-12(7-13)16-10-11-3-2-6-15-9-11/h2-3,6,9,12-14,16H,4-5,7-8,10H2,1H3. The molecule has 2 unspecified atom stereocenters. The van der Waals surface area contributed by atoms with E-state index in [4.69, 9.17) is 0 Å². The predicted molar refractivity (Wildman–Crippen MR) is 68.7 cm³/mol. The molecule has 1 aromatic heterocycles. The Bertz CT molecular complexity index is 351. The minimum absolute atomic E-state index is 0.698. The highest BCUT2D eigenvalue weighted by Gasteiger charge is 2.37. The number of rotatable bonds is 3. The minimum atomic E-state index is 0.698. The highest BCUT2D eigenvalue weighted by atomic mass is 15.2. The van der Waals surface area contributed by atoms with Gasteiger partial charge >= 0.3 is 0 Å². The number of piperidine rings is 1. The van der Waals surface area contributed by atoms with Crippen LogP contribution in [0.4, 0.5) is 0 Å². The van der Waals surface area contributed by atoms with Gasteiger partial charge in [0.2, 0.25) is 0 Å². The molecule has 17 heavy (non-hydrogen) atoms. The zero-order valence-corrected chi connectivity index (χ0v) is 10.5. The summed E-state index contributed by atoms with van der Waals surface area (Å²) in [5.41, 5.74) is 1.29. The van der Waals surface area contributed by atoms with E-state index in [1.807, 2.05) is 18.5 Å². The summed E-state index contributed by atoms with van der Waals surface area (Å²) < 4.78 is 0. The largest absolute Gasteiger partial charge is 0.310 e. The summed E-state index contributed by atoms with van der Waals surface area (Å²) in [5, 5.41) is 3.69. The Kier molecular flexibility index (Phi) is 3.12. The van der Waals surface area contributed by atoms with Crippen LogP contribution in [0.5, 0.6) is 0 Å². The van der Waals surface area contributed by atoms with E-state index < -0.39 is 0 Å². The van der Waals surface area contributed by atoms with Gasteiger partial charge in [-0.3, -0.25) is 4.98 Å². The highest BCUT2D eigenvalue weighted by molar-refractivity contribution is 5.08. The summed E-state index contributed by atoms with van der Waals surface area (Å²) in [6, 6.07) is 6.49. The normalized spacial score (nSPS) is 32.9. The average molecular weight is 231 g/mol. The minimum Gasteiger partial charge on any atom is -0.310 e. The third-order valence-corrected chi connectivity index (χ3v) is 4.42. The summed E-state index contributed by atoms with van der Waals surface area (Å²) in [4.78, 5) is 6.74. The first-order chi connectivity index (χ1) is 8.33. The van der Waals surface area contributed by atoms with E-state index in [1.54, 1.807) is 0 Å². The van der Waals surface area contributed by atoms with Gasteiger partial charge in [-0.05, 0) is 44.4 Å². The van der Waals surface area contributed by atoms with Crippen molar-refractivity contribution in [1.82, 2.24) is 15.2 Å². The van der Waals surface area contributed by atoms with E-state index in [0.29, 0.717) is 6.04 Å². The molecule has 2 atom stereocenters. The Morgan fingerprint density at radius 3 is 2.76 bits per heavy atom. The van der Waals surface area contributed by atoms with Crippen LogP contribution in [0, 0.1) is 0 Å². The Balaban J connectivity index is 1.54. The Morgan fingerprint density at radius 2 is 2.12 bits per heavy atom. The van der Waals surface area contributed by atoms with Crippen molar-refractivity contribution in [2.24, 2.45) is 0 Å². The van der Waals surface area contributed by atoms with Gasteiger partial charge < -0.3 is 10.2 Å². The molecule has 0 aliphatic carbocycles. The third kappa shape index (κ3) is 2.35. The first-order valence-corrected chi connectivity index (χ1v) is 6.67.